The molecule has 1 aromatic carbocycles. The Labute approximate surface area is 112 Å². The lowest BCUT2D eigenvalue weighted by Gasteiger charge is -2.31. The van der Waals surface area contributed by atoms with Crippen molar-refractivity contribution < 1.29 is 14.3 Å². The monoisotopic (exact) mass is 262 g/mol. The van der Waals surface area contributed by atoms with Gasteiger partial charge in [-0.2, -0.15) is 0 Å². The number of benzene rings is 1. The van der Waals surface area contributed by atoms with Crippen LogP contribution in [0, 0.1) is 0 Å². The van der Waals surface area contributed by atoms with Crippen LogP contribution < -0.4 is 15.0 Å². The van der Waals surface area contributed by atoms with Crippen molar-refractivity contribution in [3.63, 3.8) is 0 Å². The molecule has 2 saturated heterocycles. The van der Waals surface area contributed by atoms with Gasteiger partial charge in [0.15, 0.2) is 0 Å². The molecule has 1 N–H and O–H groups in total. The largest absolute Gasteiger partial charge is 0.495 e. The fraction of sp³-hybridized carbons (Fsp3) is 0.500. The molecular formula is C14H18N2O3. The Bertz CT molecular complexity index is 483. The van der Waals surface area contributed by atoms with E-state index >= 15 is 0 Å². The number of rotatable bonds is 2. The normalized spacial score (nSPS) is 26.6. The Morgan fingerprint density at radius 1 is 1.42 bits per heavy atom. The number of hydrogen-bond acceptors (Lipinski definition) is 4. The quantitative estimate of drug-likeness (QED) is 0.882. The summed E-state index contributed by atoms with van der Waals surface area (Å²) in [5.74, 6) is 0.695. The summed E-state index contributed by atoms with van der Waals surface area (Å²) in [4.78, 5) is 13.8. The third kappa shape index (κ3) is 2.14. The van der Waals surface area contributed by atoms with Gasteiger partial charge in [-0.3, -0.25) is 4.90 Å². The fourth-order valence-corrected chi connectivity index (χ4v) is 2.82. The van der Waals surface area contributed by atoms with E-state index in [9.17, 15) is 4.79 Å². The zero-order valence-electron chi connectivity index (χ0n) is 11.0. The molecule has 0 bridgehead atoms. The number of piperidine rings is 1. The molecule has 2 aliphatic heterocycles. The predicted molar refractivity (Wildman–Crippen MR) is 71.7 cm³/mol. The van der Waals surface area contributed by atoms with E-state index in [-0.39, 0.29) is 11.7 Å². The summed E-state index contributed by atoms with van der Waals surface area (Å²) in [5, 5.41) is 3.30. The molecule has 2 fully saturated rings. The SMILES string of the molecule is COc1ccccc1N1CC2(CCCNC2)OC1=O. The average Bonchev–Trinajstić information content (AvgIpc) is 2.76. The molecule has 1 spiro atoms. The maximum atomic E-state index is 12.1. The predicted octanol–water partition coefficient (Wildman–Crippen LogP) is 1.77. The molecule has 2 aliphatic rings. The van der Waals surface area contributed by atoms with Crippen molar-refractivity contribution in [2.45, 2.75) is 18.4 Å². The van der Waals surface area contributed by atoms with Gasteiger partial charge in [0.05, 0.1) is 19.3 Å². The highest BCUT2D eigenvalue weighted by Crippen LogP contribution is 2.36. The minimum Gasteiger partial charge on any atom is -0.495 e. The zero-order chi connectivity index (χ0) is 13.3. The molecule has 2 heterocycles. The van der Waals surface area contributed by atoms with Crippen molar-refractivity contribution in [2.75, 3.05) is 31.6 Å². The molecule has 0 saturated carbocycles. The lowest BCUT2D eigenvalue weighted by atomic mass is 9.94. The number of anilines is 1. The number of methoxy groups -OCH3 is 1. The average molecular weight is 262 g/mol. The van der Waals surface area contributed by atoms with Gasteiger partial charge in [-0.15, -0.1) is 0 Å². The molecule has 1 amide bonds. The van der Waals surface area contributed by atoms with Crippen molar-refractivity contribution in [1.82, 2.24) is 5.32 Å². The second kappa shape index (κ2) is 4.74. The highest BCUT2D eigenvalue weighted by Gasteiger charge is 2.46. The van der Waals surface area contributed by atoms with E-state index in [0.717, 1.165) is 31.6 Å². The van der Waals surface area contributed by atoms with Crippen molar-refractivity contribution >= 4 is 11.8 Å². The maximum absolute atomic E-state index is 12.1. The standard InChI is InChI=1S/C14H18N2O3/c1-18-12-6-3-2-5-11(12)16-10-14(19-13(16)17)7-4-8-15-9-14/h2-3,5-6,15H,4,7-10H2,1H3. The molecular weight excluding hydrogens is 244 g/mol. The van der Waals surface area contributed by atoms with Crippen LogP contribution in [-0.2, 0) is 4.74 Å². The third-order valence-corrected chi connectivity index (χ3v) is 3.78. The first-order valence-corrected chi connectivity index (χ1v) is 6.58. The summed E-state index contributed by atoms with van der Waals surface area (Å²) in [5.41, 5.74) is 0.397. The summed E-state index contributed by atoms with van der Waals surface area (Å²) in [6.45, 7) is 2.30. The van der Waals surface area contributed by atoms with Crippen molar-refractivity contribution in [2.24, 2.45) is 0 Å². The number of para-hydroxylation sites is 2. The Morgan fingerprint density at radius 3 is 3.00 bits per heavy atom. The summed E-state index contributed by atoms with van der Waals surface area (Å²) in [6.07, 6.45) is 1.66. The smallest absolute Gasteiger partial charge is 0.415 e. The van der Waals surface area contributed by atoms with Crippen LogP contribution in [0.5, 0.6) is 5.75 Å². The number of ether oxygens (including phenoxy) is 2. The van der Waals surface area contributed by atoms with Gasteiger partial charge in [0.25, 0.3) is 0 Å². The zero-order valence-corrected chi connectivity index (χ0v) is 11.0. The van der Waals surface area contributed by atoms with Crippen LogP contribution in [0.3, 0.4) is 0 Å². The maximum Gasteiger partial charge on any atom is 0.415 e. The van der Waals surface area contributed by atoms with Crippen LogP contribution in [0.4, 0.5) is 10.5 Å². The van der Waals surface area contributed by atoms with Crippen LogP contribution in [0.25, 0.3) is 0 Å². The molecule has 102 valence electrons. The summed E-state index contributed by atoms with van der Waals surface area (Å²) >= 11 is 0. The van der Waals surface area contributed by atoms with Gasteiger partial charge in [0.1, 0.15) is 11.4 Å². The molecule has 3 rings (SSSR count). The van der Waals surface area contributed by atoms with E-state index in [1.54, 1.807) is 12.0 Å². The van der Waals surface area contributed by atoms with Gasteiger partial charge in [0.2, 0.25) is 0 Å². The van der Waals surface area contributed by atoms with Crippen LogP contribution in [-0.4, -0.2) is 38.4 Å². The molecule has 19 heavy (non-hydrogen) atoms. The van der Waals surface area contributed by atoms with E-state index < -0.39 is 0 Å². The number of carbonyl (C=O) groups is 1. The molecule has 1 aromatic rings. The first kappa shape index (κ1) is 12.3. The topological polar surface area (TPSA) is 50.8 Å². The molecule has 5 heteroatoms. The summed E-state index contributed by atoms with van der Waals surface area (Å²) in [6, 6.07) is 7.53. The van der Waals surface area contributed by atoms with Crippen molar-refractivity contribution in [3.05, 3.63) is 24.3 Å². The highest BCUT2D eigenvalue weighted by molar-refractivity contribution is 5.92. The lowest BCUT2D eigenvalue weighted by Crippen LogP contribution is -2.48. The Balaban J connectivity index is 1.87. The van der Waals surface area contributed by atoms with Gasteiger partial charge in [-0.1, -0.05) is 12.1 Å². The van der Waals surface area contributed by atoms with E-state index in [0.29, 0.717) is 12.3 Å². The Morgan fingerprint density at radius 2 is 2.26 bits per heavy atom. The second-order valence-electron chi connectivity index (χ2n) is 5.09. The summed E-state index contributed by atoms with van der Waals surface area (Å²) in [7, 11) is 1.61. The number of nitrogens with zero attached hydrogens (tertiary/aromatic N) is 1. The second-order valence-corrected chi connectivity index (χ2v) is 5.09. The number of hydrogen-bond donors (Lipinski definition) is 1. The van der Waals surface area contributed by atoms with Crippen LogP contribution in [0.15, 0.2) is 24.3 Å². The van der Waals surface area contributed by atoms with Gasteiger partial charge in [-0.05, 0) is 31.5 Å². The van der Waals surface area contributed by atoms with Crippen molar-refractivity contribution in [1.29, 1.82) is 0 Å². The molecule has 0 radical (unpaired) electrons. The van der Waals surface area contributed by atoms with E-state index in [4.69, 9.17) is 9.47 Å². The first-order valence-electron chi connectivity index (χ1n) is 6.58. The van der Waals surface area contributed by atoms with Crippen LogP contribution in [0.1, 0.15) is 12.8 Å². The van der Waals surface area contributed by atoms with Gasteiger partial charge in [0, 0.05) is 6.54 Å². The number of carbonyl (C=O) groups excluding carboxylic acids is 1. The first-order chi connectivity index (χ1) is 9.24. The van der Waals surface area contributed by atoms with E-state index in [2.05, 4.69) is 5.32 Å². The van der Waals surface area contributed by atoms with Gasteiger partial charge >= 0.3 is 6.09 Å². The summed E-state index contributed by atoms with van der Waals surface area (Å²) < 4.78 is 10.9. The number of nitrogens with one attached hydrogen (secondary N) is 1. The van der Waals surface area contributed by atoms with Crippen molar-refractivity contribution in [3.8, 4) is 5.75 Å². The Kier molecular flexibility index (Phi) is 3.06. The third-order valence-electron chi connectivity index (χ3n) is 3.78. The molecule has 0 aliphatic carbocycles. The van der Waals surface area contributed by atoms with E-state index in [1.807, 2.05) is 24.3 Å². The molecule has 1 atom stereocenters. The molecule has 0 aromatic heterocycles. The van der Waals surface area contributed by atoms with E-state index in [1.165, 1.54) is 0 Å². The van der Waals surface area contributed by atoms with Gasteiger partial charge in [-0.25, -0.2) is 4.79 Å². The molecule has 5 nitrogen and oxygen atoms in total. The van der Waals surface area contributed by atoms with Crippen LogP contribution >= 0.6 is 0 Å². The Hall–Kier alpha value is -1.75. The highest BCUT2D eigenvalue weighted by atomic mass is 16.6. The lowest BCUT2D eigenvalue weighted by molar-refractivity contribution is 0.0366. The van der Waals surface area contributed by atoms with Gasteiger partial charge < -0.3 is 14.8 Å². The van der Waals surface area contributed by atoms with Crippen LogP contribution in [0.2, 0.25) is 0 Å². The fourth-order valence-electron chi connectivity index (χ4n) is 2.82. The minimum absolute atomic E-state index is 0.284. The number of amides is 1. The molecule has 1 unspecified atom stereocenters. The minimum atomic E-state index is -0.379.